The molecule has 0 radical (unpaired) electrons. The summed E-state index contributed by atoms with van der Waals surface area (Å²) in [6.45, 7) is 0.309. The summed E-state index contributed by atoms with van der Waals surface area (Å²) in [5.74, 6) is 0.0300. The number of para-hydroxylation sites is 2. The zero-order valence-electron chi connectivity index (χ0n) is 16.8. The minimum Gasteiger partial charge on any atom is -0.495 e. The van der Waals surface area contributed by atoms with E-state index >= 15 is 0 Å². The van der Waals surface area contributed by atoms with Gasteiger partial charge in [-0.25, -0.2) is 14.3 Å². The molecular formula is C21H21N5O5. The Labute approximate surface area is 176 Å². The Morgan fingerprint density at radius 2 is 2.03 bits per heavy atom. The minimum absolute atomic E-state index is 0.108. The summed E-state index contributed by atoms with van der Waals surface area (Å²) >= 11 is 0. The fourth-order valence-electron chi connectivity index (χ4n) is 3.26. The van der Waals surface area contributed by atoms with Crippen LogP contribution in [0.1, 0.15) is 34.8 Å². The molecule has 0 bridgehead atoms. The van der Waals surface area contributed by atoms with Crippen molar-refractivity contribution in [2.24, 2.45) is 0 Å². The molecule has 2 aromatic heterocycles. The Kier molecular flexibility index (Phi) is 5.52. The molecule has 1 amide bonds. The lowest BCUT2D eigenvalue weighted by Crippen LogP contribution is -2.40. The molecule has 0 saturated heterocycles. The first-order valence-corrected chi connectivity index (χ1v) is 9.82. The van der Waals surface area contributed by atoms with Crippen LogP contribution in [-0.4, -0.2) is 38.7 Å². The molecule has 1 aliphatic rings. The maximum atomic E-state index is 12.9. The van der Waals surface area contributed by atoms with Gasteiger partial charge in [-0.1, -0.05) is 12.1 Å². The Balaban J connectivity index is 1.51. The number of ether oxygens (including phenoxy) is 1. The molecule has 2 N–H and O–H groups in total. The Bertz CT molecular complexity index is 1300. The van der Waals surface area contributed by atoms with E-state index in [-0.39, 0.29) is 29.9 Å². The quantitative estimate of drug-likeness (QED) is 0.566. The van der Waals surface area contributed by atoms with E-state index in [1.807, 2.05) is 0 Å². The molecule has 10 heteroatoms. The van der Waals surface area contributed by atoms with Gasteiger partial charge in [0.05, 0.1) is 24.8 Å². The standard InChI is InChI=1S/C21H21N5O5/c1-31-17-5-3-2-4-16(17)26-20(29)14(11-23-21(26)30)19(28)22-8-9-25-12-24-15(10-18(25)27)13-6-7-13/h2-5,10-13H,6-9H2,1H3,(H,22,28)(H,23,30). The van der Waals surface area contributed by atoms with Crippen molar-refractivity contribution in [3.8, 4) is 11.4 Å². The van der Waals surface area contributed by atoms with Gasteiger partial charge in [0.2, 0.25) is 0 Å². The Morgan fingerprint density at radius 3 is 2.74 bits per heavy atom. The van der Waals surface area contributed by atoms with Crippen molar-refractivity contribution in [2.45, 2.75) is 25.3 Å². The van der Waals surface area contributed by atoms with E-state index in [9.17, 15) is 19.2 Å². The highest BCUT2D eigenvalue weighted by atomic mass is 16.5. The number of carbonyl (C=O) groups is 1. The molecule has 0 unspecified atom stereocenters. The third kappa shape index (κ3) is 4.18. The van der Waals surface area contributed by atoms with Crippen LogP contribution < -0.4 is 26.9 Å². The number of amides is 1. The topological polar surface area (TPSA) is 128 Å². The second-order valence-electron chi connectivity index (χ2n) is 7.20. The molecular weight excluding hydrogens is 402 g/mol. The number of carbonyl (C=O) groups excluding carboxylic acids is 1. The van der Waals surface area contributed by atoms with Gasteiger partial charge in [0.15, 0.2) is 0 Å². The number of nitrogens with zero attached hydrogens (tertiary/aromatic N) is 3. The first-order valence-electron chi connectivity index (χ1n) is 9.82. The number of rotatable bonds is 7. The van der Waals surface area contributed by atoms with Crippen LogP contribution in [0, 0.1) is 0 Å². The maximum Gasteiger partial charge on any atom is 0.333 e. The van der Waals surface area contributed by atoms with Crippen LogP contribution in [-0.2, 0) is 6.54 Å². The predicted molar refractivity (Wildman–Crippen MR) is 112 cm³/mol. The monoisotopic (exact) mass is 423 g/mol. The normalized spacial score (nSPS) is 13.1. The van der Waals surface area contributed by atoms with Gasteiger partial charge in [-0.2, -0.15) is 0 Å². The third-order valence-electron chi connectivity index (χ3n) is 5.08. The summed E-state index contributed by atoms with van der Waals surface area (Å²) in [6, 6.07) is 8.02. The Morgan fingerprint density at radius 1 is 1.26 bits per heavy atom. The second-order valence-corrected chi connectivity index (χ2v) is 7.20. The lowest BCUT2D eigenvalue weighted by atomic mass is 10.2. The molecule has 0 atom stereocenters. The van der Waals surface area contributed by atoms with Crippen LogP contribution in [0.3, 0.4) is 0 Å². The van der Waals surface area contributed by atoms with Crippen molar-refractivity contribution in [3.63, 3.8) is 0 Å². The van der Waals surface area contributed by atoms with Crippen molar-refractivity contribution in [3.05, 3.63) is 85.3 Å². The fourth-order valence-corrected chi connectivity index (χ4v) is 3.26. The van der Waals surface area contributed by atoms with Crippen LogP contribution in [0.15, 0.2) is 57.2 Å². The van der Waals surface area contributed by atoms with E-state index in [0.717, 1.165) is 29.3 Å². The molecule has 1 fully saturated rings. The van der Waals surface area contributed by atoms with E-state index in [0.29, 0.717) is 11.7 Å². The summed E-state index contributed by atoms with van der Waals surface area (Å²) < 4.78 is 7.45. The number of aromatic amines is 1. The first-order chi connectivity index (χ1) is 15.0. The van der Waals surface area contributed by atoms with Crippen LogP contribution in [0.25, 0.3) is 5.69 Å². The van der Waals surface area contributed by atoms with Gasteiger partial charge in [-0.3, -0.25) is 19.0 Å². The van der Waals surface area contributed by atoms with Gasteiger partial charge in [0, 0.05) is 31.3 Å². The molecule has 1 saturated carbocycles. The van der Waals surface area contributed by atoms with Crippen LogP contribution >= 0.6 is 0 Å². The van der Waals surface area contributed by atoms with Crippen LogP contribution in [0.2, 0.25) is 0 Å². The number of H-pyrrole nitrogens is 1. The minimum atomic E-state index is -0.779. The van der Waals surface area contributed by atoms with Gasteiger partial charge < -0.3 is 15.0 Å². The van der Waals surface area contributed by atoms with E-state index in [4.69, 9.17) is 4.74 Å². The molecule has 1 aromatic carbocycles. The van der Waals surface area contributed by atoms with Crippen molar-refractivity contribution in [1.82, 2.24) is 24.4 Å². The summed E-state index contributed by atoms with van der Waals surface area (Å²) in [7, 11) is 1.42. The number of methoxy groups -OCH3 is 1. The van der Waals surface area contributed by atoms with Crippen LogP contribution in [0.4, 0.5) is 0 Å². The van der Waals surface area contributed by atoms with Crippen molar-refractivity contribution < 1.29 is 9.53 Å². The molecule has 1 aliphatic carbocycles. The van der Waals surface area contributed by atoms with E-state index in [1.165, 1.54) is 24.1 Å². The smallest absolute Gasteiger partial charge is 0.333 e. The van der Waals surface area contributed by atoms with Crippen molar-refractivity contribution in [2.75, 3.05) is 13.7 Å². The zero-order valence-corrected chi connectivity index (χ0v) is 16.8. The average molecular weight is 423 g/mol. The first kappa shape index (κ1) is 20.3. The maximum absolute atomic E-state index is 12.9. The molecule has 31 heavy (non-hydrogen) atoms. The summed E-state index contributed by atoms with van der Waals surface area (Å²) in [4.78, 5) is 56.6. The highest BCUT2D eigenvalue weighted by molar-refractivity contribution is 5.93. The number of benzene rings is 1. The lowest BCUT2D eigenvalue weighted by Gasteiger charge is -2.11. The summed E-state index contributed by atoms with van der Waals surface area (Å²) in [5.41, 5.74) is -0.874. The second kappa shape index (κ2) is 8.42. The largest absolute Gasteiger partial charge is 0.495 e. The van der Waals surface area contributed by atoms with Gasteiger partial charge in [0.1, 0.15) is 11.3 Å². The van der Waals surface area contributed by atoms with Crippen molar-refractivity contribution >= 4 is 5.91 Å². The highest BCUT2D eigenvalue weighted by Gasteiger charge is 2.25. The van der Waals surface area contributed by atoms with Gasteiger partial charge >= 0.3 is 5.69 Å². The SMILES string of the molecule is COc1ccccc1-n1c(=O)[nH]cc(C(=O)NCCn2cnc(C3CC3)cc2=O)c1=O. The van der Waals surface area contributed by atoms with Gasteiger partial charge in [-0.05, 0) is 25.0 Å². The van der Waals surface area contributed by atoms with Gasteiger partial charge in [-0.15, -0.1) is 0 Å². The summed E-state index contributed by atoms with van der Waals surface area (Å²) in [5, 5.41) is 2.60. The van der Waals surface area contributed by atoms with E-state index in [2.05, 4.69) is 15.3 Å². The molecule has 160 valence electrons. The average Bonchev–Trinajstić information content (AvgIpc) is 3.60. The molecule has 0 aliphatic heterocycles. The molecule has 0 spiro atoms. The predicted octanol–water partition coefficient (Wildman–Crippen LogP) is 0.398. The molecule has 2 heterocycles. The third-order valence-corrected chi connectivity index (χ3v) is 5.08. The van der Waals surface area contributed by atoms with Crippen molar-refractivity contribution in [1.29, 1.82) is 0 Å². The van der Waals surface area contributed by atoms with E-state index < -0.39 is 17.2 Å². The zero-order chi connectivity index (χ0) is 22.0. The number of hydrogen-bond donors (Lipinski definition) is 2. The number of aromatic nitrogens is 4. The number of hydrogen-bond acceptors (Lipinski definition) is 6. The highest BCUT2D eigenvalue weighted by Crippen LogP contribution is 2.38. The lowest BCUT2D eigenvalue weighted by molar-refractivity contribution is 0.0949. The molecule has 3 aromatic rings. The molecule has 10 nitrogen and oxygen atoms in total. The van der Waals surface area contributed by atoms with E-state index in [1.54, 1.807) is 24.3 Å². The van der Waals surface area contributed by atoms with Gasteiger partial charge in [0.25, 0.3) is 17.0 Å². The number of nitrogens with one attached hydrogen (secondary N) is 2. The summed E-state index contributed by atoms with van der Waals surface area (Å²) in [6.07, 6.45) is 4.65. The Hall–Kier alpha value is -3.95. The van der Waals surface area contributed by atoms with Crippen LogP contribution in [0.5, 0.6) is 5.75 Å². The molecule has 4 rings (SSSR count). The fraction of sp³-hybridized carbons (Fsp3) is 0.286.